The van der Waals surface area contributed by atoms with Crippen molar-refractivity contribution < 1.29 is 14.4 Å². The quantitative estimate of drug-likeness (QED) is 0.203. The molecule has 0 atom stereocenters. The molecule has 0 spiro atoms. The predicted molar refractivity (Wildman–Crippen MR) is 60.5 cm³/mol. The summed E-state index contributed by atoms with van der Waals surface area (Å²) in [6.07, 6.45) is 4.53. The first kappa shape index (κ1) is 13.4. The minimum absolute atomic E-state index is 0.556. The molecule has 0 aromatic carbocycles. The lowest BCUT2D eigenvalue weighted by molar-refractivity contribution is -0.104. The first-order valence-corrected chi connectivity index (χ1v) is 5.19. The van der Waals surface area contributed by atoms with Gasteiger partial charge < -0.3 is 4.84 Å². The van der Waals surface area contributed by atoms with E-state index in [0.29, 0.717) is 12.8 Å². The normalized spacial score (nSPS) is 10.1. The van der Waals surface area contributed by atoms with Crippen molar-refractivity contribution in [2.75, 3.05) is 6.54 Å². The van der Waals surface area contributed by atoms with Crippen LogP contribution in [0.25, 0.3) is 0 Å². The largest absolute Gasteiger partial charge is 0.441 e. The maximum atomic E-state index is 11.1. The number of hydrogen-bond acceptors (Lipinski definition) is 4. The molecular weight excluding hydrogens is 299 g/mol. The maximum absolute atomic E-state index is 11.1. The van der Waals surface area contributed by atoms with Gasteiger partial charge in [-0.3, -0.25) is 4.79 Å². The van der Waals surface area contributed by atoms with Gasteiger partial charge in [0.15, 0.2) is 0 Å². The van der Waals surface area contributed by atoms with E-state index in [0.717, 1.165) is 16.0 Å². The van der Waals surface area contributed by atoms with Gasteiger partial charge >= 0.3 is 6.09 Å². The number of amides is 1. The molecule has 14 heavy (non-hydrogen) atoms. The number of hydroxylamine groups is 1. The standard InChI is InChI=1S/C8H13IN2O3/c1-2-3-5-10-14-8(13)11(9)6-4-7-12/h4,6-7,10H,2-3,5H2,1H3. The van der Waals surface area contributed by atoms with Crippen molar-refractivity contribution >= 4 is 35.2 Å². The number of unbranched alkanes of at least 4 members (excludes halogenated alkanes) is 1. The number of nitrogens with zero attached hydrogens (tertiary/aromatic N) is 1. The van der Waals surface area contributed by atoms with Crippen LogP contribution in [0.5, 0.6) is 0 Å². The molecular formula is C8H13IN2O3. The van der Waals surface area contributed by atoms with Crippen molar-refractivity contribution in [3.63, 3.8) is 0 Å². The summed E-state index contributed by atoms with van der Waals surface area (Å²) in [6.45, 7) is 2.67. The summed E-state index contributed by atoms with van der Waals surface area (Å²) >= 11 is 1.73. The molecule has 0 rings (SSSR count). The Hall–Kier alpha value is -0.630. The second kappa shape index (κ2) is 8.95. The van der Waals surface area contributed by atoms with Gasteiger partial charge in [0.2, 0.25) is 0 Å². The average molecular weight is 312 g/mol. The first-order valence-electron chi connectivity index (χ1n) is 4.23. The molecule has 0 fully saturated rings. The van der Waals surface area contributed by atoms with Crippen LogP contribution >= 0.6 is 22.9 Å². The van der Waals surface area contributed by atoms with Crippen LogP contribution in [0.3, 0.4) is 0 Å². The van der Waals surface area contributed by atoms with Crippen molar-refractivity contribution in [2.24, 2.45) is 0 Å². The molecule has 0 saturated heterocycles. The molecule has 80 valence electrons. The molecule has 0 unspecified atom stereocenters. The van der Waals surface area contributed by atoms with E-state index in [9.17, 15) is 9.59 Å². The number of halogens is 1. The van der Waals surface area contributed by atoms with E-state index in [1.54, 1.807) is 22.9 Å². The zero-order chi connectivity index (χ0) is 10.8. The van der Waals surface area contributed by atoms with E-state index < -0.39 is 6.09 Å². The predicted octanol–water partition coefficient (Wildman–Crippen LogP) is 1.79. The highest BCUT2D eigenvalue weighted by molar-refractivity contribution is 14.1. The summed E-state index contributed by atoms with van der Waals surface area (Å²) in [5.41, 5.74) is 2.53. The molecule has 0 aromatic rings. The van der Waals surface area contributed by atoms with Crippen LogP contribution in [-0.2, 0) is 9.63 Å². The Morgan fingerprint density at radius 3 is 2.93 bits per heavy atom. The Bertz CT molecular complexity index is 209. The molecule has 0 saturated carbocycles. The highest BCUT2D eigenvalue weighted by Crippen LogP contribution is 2.01. The topological polar surface area (TPSA) is 58.6 Å². The lowest BCUT2D eigenvalue weighted by Gasteiger charge is -2.09. The van der Waals surface area contributed by atoms with Crippen molar-refractivity contribution in [2.45, 2.75) is 19.8 Å². The highest BCUT2D eigenvalue weighted by atomic mass is 127. The Morgan fingerprint density at radius 1 is 1.64 bits per heavy atom. The SMILES string of the molecule is CCCCNOC(=O)N(I)C=CC=O. The molecule has 0 aliphatic rings. The van der Waals surface area contributed by atoms with Crippen LogP contribution in [0, 0.1) is 0 Å². The van der Waals surface area contributed by atoms with Gasteiger partial charge in [0.25, 0.3) is 0 Å². The number of rotatable bonds is 6. The summed E-state index contributed by atoms with van der Waals surface area (Å²) in [5.74, 6) is 0. The van der Waals surface area contributed by atoms with Crippen LogP contribution in [-0.4, -0.2) is 22.0 Å². The number of nitrogens with one attached hydrogen (secondary N) is 1. The Kier molecular flexibility index (Phi) is 8.54. The molecule has 6 heteroatoms. The third-order valence-corrected chi connectivity index (χ3v) is 1.98. The number of carbonyl (C=O) groups is 2. The van der Waals surface area contributed by atoms with Crippen LogP contribution in [0.2, 0.25) is 0 Å². The fourth-order valence-corrected chi connectivity index (χ4v) is 0.861. The molecule has 1 N–H and O–H groups in total. The molecule has 0 aromatic heterocycles. The fourth-order valence-electron chi connectivity index (χ4n) is 0.577. The number of allylic oxidation sites excluding steroid dienone is 1. The van der Waals surface area contributed by atoms with E-state index in [4.69, 9.17) is 0 Å². The van der Waals surface area contributed by atoms with E-state index in [1.165, 1.54) is 12.3 Å². The van der Waals surface area contributed by atoms with Crippen LogP contribution in [0.15, 0.2) is 12.3 Å². The summed E-state index contributed by atoms with van der Waals surface area (Å²) in [7, 11) is 0. The molecule has 0 heterocycles. The number of aldehydes is 1. The molecule has 5 nitrogen and oxygen atoms in total. The van der Waals surface area contributed by atoms with Gasteiger partial charge in [0, 0.05) is 12.7 Å². The Labute approximate surface area is 96.9 Å². The maximum Gasteiger partial charge on any atom is 0.441 e. The highest BCUT2D eigenvalue weighted by Gasteiger charge is 2.07. The van der Waals surface area contributed by atoms with Crippen LogP contribution < -0.4 is 5.48 Å². The second-order valence-corrected chi connectivity index (χ2v) is 3.44. The average Bonchev–Trinajstić information content (AvgIpc) is 2.20. The zero-order valence-electron chi connectivity index (χ0n) is 7.90. The Balaban J connectivity index is 3.62. The summed E-state index contributed by atoms with van der Waals surface area (Å²) in [5, 5.41) is 0. The van der Waals surface area contributed by atoms with Crippen LogP contribution in [0.1, 0.15) is 19.8 Å². The van der Waals surface area contributed by atoms with Gasteiger partial charge in [-0.1, -0.05) is 13.3 Å². The van der Waals surface area contributed by atoms with Gasteiger partial charge in [0.05, 0.1) is 22.9 Å². The summed E-state index contributed by atoms with van der Waals surface area (Å²) < 4.78 is 1.14. The van der Waals surface area contributed by atoms with Crippen molar-refractivity contribution in [1.82, 2.24) is 8.59 Å². The van der Waals surface area contributed by atoms with Gasteiger partial charge in [-0.25, -0.2) is 7.91 Å². The van der Waals surface area contributed by atoms with Gasteiger partial charge in [-0.15, -0.1) is 0 Å². The van der Waals surface area contributed by atoms with Gasteiger partial charge in [-0.2, -0.15) is 5.48 Å². The summed E-state index contributed by atoms with van der Waals surface area (Å²) in [6, 6.07) is 0. The smallest absolute Gasteiger partial charge is 0.353 e. The lowest BCUT2D eigenvalue weighted by Crippen LogP contribution is -2.26. The minimum atomic E-state index is -0.556. The number of carbonyl (C=O) groups excluding carboxylic acids is 2. The Morgan fingerprint density at radius 2 is 2.36 bits per heavy atom. The third kappa shape index (κ3) is 6.84. The van der Waals surface area contributed by atoms with E-state index in [1.807, 2.05) is 6.92 Å². The van der Waals surface area contributed by atoms with E-state index >= 15 is 0 Å². The molecule has 0 aliphatic heterocycles. The van der Waals surface area contributed by atoms with Crippen LogP contribution in [0.4, 0.5) is 4.79 Å². The van der Waals surface area contributed by atoms with E-state index in [-0.39, 0.29) is 0 Å². The van der Waals surface area contributed by atoms with Gasteiger partial charge in [-0.05, 0) is 12.5 Å². The second-order valence-electron chi connectivity index (χ2n) is 2.40. The number of hydrogen-bond donors (Lipinski definition) is 1. The summed E-state index contributed by atoms with van der Waals surface area (Å²) in [4.78, 5) is 25.7. The van der Waals surface area contributed by atoms with Crippen molar-refractivity contribution in [3.8, 4) is 0 Å². The molecule has 0 aliphatic carbocycles. The zero-order valence-corrected chi connectivity index (χ0v) is 10.1. The first-order chi connectivity index (χ1) is 6.72. The minimum Gasteiger partial charge on any atom is -0.353 e. The van der Waals surface area contributed by atoms with Crippen molar-refractivity contribution in [3.05, 3.63) is 12.3 Å². The third-order valence-electron chi connectivity index (χ3n) is 1.26. The molecule has 0 bridgehead atoms. The van der Waals surface area contributed by atoms with Gasteiger partial charge in [0.1, 0.15) is 6.29 Å². The monoisotopic (exact) mass is 312 g/mol. The molecule has 0 radical (unpaired) electrons. The lowest BCUT2D eigenvalue weighted by atomic mass is 10.3. The van der Waals surface area contributed by atoms with E-state index in [2.05, 4.69) is 10.3 Å². The fraction of sp³-hybridized carbons (Fsp3) is 0.500. The van der Waals surface area contributed by atoms with Crippen molar-refractivity contribution in [1.29, 1.82) is 0 Å². The molecule has 1 amide bonds.